The molecule has 0 saturated carbocycles. The highest BCUT2D eigenvalue weighted by atomic mass is 35.5. The zero-order valence-corrected chi connectivity index (χ0v) is 8.78. The molecule has 0 saturated heterocycles. The molecule has 1 N–H and O–H groups in total. The summed E-state index contributed by atoms with van der Waals surface area (Å²) >= 11 is 5.78. The maximum Gasteiger partial charge on any atom is 0.0379 e. The molecule has 0 bridgehead atoms. The van der Waals surface area contributed by atoms with Crippen LogP contribution in [0.15, 0.2) is 0 Å². The fourth-order valence-electron chi connectivity index (χ4n) is 0.856. The molecule has 0 radical (unpaired) electrons. The first-order valence-corrected chi connectivity index (χ1v) is 4.90. The van der Waals surface area contributed by atoms with Gasteiger partial charge in [0.2, 0.25) is 0 Å². The van der Waals surface area contributed by atoms with Gasteiger partial charge in [0.05, 0.1) is 0 Å². The van der Waals surface area contributed by atoms with Gasteiger partial charge in [-0.15, -0.1) is 11.6 Å². The number of alkyl halides is 1. The van der Waals surface area contributed by atoms with Crippen molar-refractivity contribution in [1.29, 1.82) is 0 Å². The normalized spacial score (nSPS) is 14.5. The van der Waals surface area contributed by atoms with E-state index in [-0.39, 0.29) is 0 Å². The lowest BCUT2D eigenvalue weighted by molar-refractivity contribution is 0.404. The summed E-state index contributed by atoms with van der Waals surface area (Å²) in [6.07, 6.45) is 0. The second-order valence-corrected chi connectivity index (χ2v) is 4.12. The van der Waals surface area contributed by atoms with Gasteiger partial charge in [0.1, 0.15) is 0 Å². The summed E-state index contributed by atoms with van der Waals surface area (Å²) in [4.78, 5) is 0. The molecule has 0 fully saturated rings. The van der Waals surface area contributed by atoms with Crippen molar-refractivity contribution < 1.29 is 0 Å². The zero-order chi connectivity index (χ0) is 8.85. The lowest BCUT2D eigenvalue weighted by Crippen LogP contribution is -2.37. The molecule has 0 heterocycles. The Morgan fingerprint density at radius 1 is 1.18 bits per heavy atom. The third-order valence-corrected chi connectivity index (χ3v) is 2.09. The fourth-order valence-corrected chi connectivity index (χ4v) is 1.32. The van der Waals surface area contributed by atoms with Crippen LogP contribution in [-0.4, -0.2) is 18.5 Å². The van der Waals surface area contributed by atoms with E-state index >= 15 is 0 Å². The lowest BCUT2D eigenvalue weighted by atomic mass is 10.1. The van der Waals surface area contributed by atoms with Crippen LogP contribution in [0.3, 0.4) is 0 Å². The summed E-state index contributed by atoms with van der Waals surface area (Å²) in [7, 11) is 0. The Morgan fingerprint density at radius 2 is 1.73 bits per heavy atom. The molecule has 0 rings (SSSR count). The number of hydrogen-bond acceptors (Lipinski definition) is 1. The molecule has 0 unspecified atom stereocenters. The van der Waals surface area contributed by atoms with Crippen LogP contribution in [0, 0.1) is 11.8 Å². The first-order valence-electron chi connectivity index (χ1n) is 4.37. The first kappa shape index (κ1) is 11.2. The molecule has 0 aromatic heterocycles. The molecule has 0 aliphatic heterocycles. The van der Waals surface area contributed by atoms with E-state index < -0.39 is 0 Å². The first-order chi connectivity index (χ1) is 5.07. The van der Waals surface area contributed by atoms with Gasteiger partial charge in [-0.1, -0.05) is 27.7 Å². The Labute approximate surface area is 75.5 Å². The van der Waals surface area contributed by atoms with E-state index in [4.69, 9.17) is 11.6 Å². The zero-order valence-electron chi connectivity index (χ0n) is 8.02. The Bertz CT molecular complexity index is 91.6. The maximum atomic E-state index is 5.78. The van der Waals surface area contributed by atoms with Gasteiger partial charge >= 0.3 is 0 Å². The average molecular weight is 178 g/mol. The van der Waals surface area contributed by atoms with Crippen LogP contribution in [0.2, 0.25) is 0 Å². The van der Waals surface area contributed by atoms with Crippen molar-refractivity contribution in [3.8, 4) is 0 Å². The van der Waals surface area contributed by atoms with E-state index in [2.05, 4.69) is 33.0 Å². The summed E-state index contributed by atoms with van der Waals surface area (Å²) in [5.74, 6) is 2.05. The lowest BCUT2D eigenvalue weighted by Gasteiger charge is -2.20. The van der Waals surface area contributed by atoms with Gasteiger partial charge in [0.15, 0.2) is 0 Å². The molecule has 11 heavy (non-hydrogen) atoms. The van der Waals surface area contributed by atoms with Crippen LogP contribution in [0.4, 0.5) is 0 Å². The quantitative estimate of drug-likeness (QED) is 0.637. The van der Waals surface area contributed by atoms with Gasteiger partial charge in [0, 0.05) is 11.9 Å². The SMILES string of the molecule is CC(C)CN[C@H](CCl)C(C)C. The second kappa shape index (κ2) is 5.84. The number of nitrogens with one attached hydrogen (secondary N) is 1. The van der Waals surface area contributed by atoms with Crippen LogP contribution in [0.25, 0.3) is 0 Å². The highest BCUT2D eigenvalue weighted by Gasteiger charge is 2.10. The molecular weight excluding hydrogens is 158 g/mol. The van der Waals surface area contributed by atoms with E-state index in [0.717, 1.165) is 6.54 Å². The summed E-state index contributed by atoms with van der Waals surface area (Å²) in [5, 5.41) is 3.44. The van der Waals surface area contributed by atoms with E-state index in [9.17, 15) is 0 Å². The Hall–Kier alpha value is 0.250. The minimum atomic E-state index is 0.471. The summed E-state index contributed by atoms with van der Waals surface area (Å²) in [5.41, 5.74) is 0. The maximum absolute atomic E-state index is 5.78. The standard InChI is InChI=1S/C9H20ClN/c1-7(2)6-11-9(5-10)8(3)4/h7-9,11H,5-6H2,1-4H3/t9-/m1/s1. The smallest absolute Gasteiger partial charge is 0.0379 e. The van der Waals surface area contributed by atoms with Crippen molar-refractivity contribution in [3.63, 3.8) is 0 Å². The van der Waals surface area contributed by atoms with Crippen molar-refractivity contribution in [3.05, 3.63) is 0 Å². The molecule has 0 amide bonds. The molecule has 1 atom stereocenters. The highest BCUT2D eigenvalue weighted by molar-refractivity contribution is 6.18. The molecule has 1 nitrogen and oxygen atoms in total. The largest absolute Gasteiger partial charge is 0.312 e. The van der Waals surface area contributed by atoms with Gasteiger partial charge < -0.3 is 5.32 Å². The summed E-state index contributed by atoms with van der Waals surface area (Å²) in [6.45, 7) is 9.87. The molecule has 0 aliphatic rings. The van der Waals surface area contributed by atoms with E-state index in [1.165, 1.54) is 0 Å². The highest BCUT2D eigenvalue weighted by Crippen LogP contribution is 2.03. The minimum absolute atomic E-state index is 0.471. The average Bonchev–Trinajstić information content (AvgIpc) is 1.87. The predicted molar refractivity (Wildman–Crippen MR) is 52.2 cm³/mol. The van der Waals surface area contributed by atoms with Crippen molar-refractivity contribution in [2.75, 3.05) is 12.4 Å². The van der Waals surface area contributed by atoms with Crippen LogP contribution in [0.5, 0.6) is 0 Å². The Balaban J connectivity index is 3.52. The van der Waals surface area contributed by atoms with E-state index in [0.29, 0.717) is 23.8 Å². The molecule has 68 valence electrons. The molecular formula is C9H20ClN. The van der Waals surface area contributed by atoms with E-state index in [1.807, 2.05) is 0 Å². The molecule has 0 aliphatic carbocycles. The number of hydrogen-bond donors (Lipinski definition) is 1. The molecule has 0 aromatic rings. The van der Waals surface area contributed by atoms with Crippen molar-refractivity contribution >= 4 is 11.6 Å². The minimum Gasteiger partial charge on any atom is -0.312 e. The van der Waals surface area contributed by atoms with Crippen molar-refractivity contribution in [2.24, 2.45) is 11.8 Å². The third kappa shape index (κ3) is 5.51. The molecule has 0 spiro atoms. The molecule has 2 heteroatoms. The summed E-state index contributed by atoms with van der Waals surface area (Å²) in [6, 6.07) is 0.471. The monoisotopic (exact) mass is 177 g/mol. The van der Waals surface area contributed by atoms with Gasteiger partial charge in [-0.25, -0.2) is 0 Å². The van der Waals surface area contributed by atoms with Gasteiger partial charge in [-0.05, 0) is 18.4 Å². The van der Waals surface area contributed by atoms with Gasteiger partial charge in [-0.3, -0.25) is 0 Å². The van der Waals surface area contributed by atoms with Crippen molar-refractivity contribution in [1.82, 2.24) is 5.32 Å². The summed E-state index contributed by atoms with van der Waals surface area (Å²) < 4.78 is 0. The van der Waals surface area contributed by atoms with Crippen LogP contribution in [0.1, 0.15) is 27.7 Å². The number of rotatable bonds is 5. The van der Waals surface area contributed by atoms with Crippen LogP contribution in [-0.2, 0) is 0 Å². The van der Waals surface area contributed by atoms with E-state index in [1.54, 1.807) is 0 Å². The topological polar surface area (TPSA) is 12.0 Å². The number of halogens is 1. The van der Waals surface area contributed by atoms with Gasteiger partial charge in [0.25, 0.3) is 0 Å². The second-order valence-electron chi connectivity index (χ2n) is 3.81. The van der Waals surface area contributed by atoms with Crippen molar-refractivity contribution in [2.45, 2.75) is 33.7 Å². The fraction of sp³-hybridized carbons (Fsp3) is 1.00. The van der Waals surface area contributed by atoms with Gasteiger partial charge in [-0.2, -0.15) is 0 Å². The third-order valence-electron chi connectivity index (χ3n) is 1.76. The Kier molecular flexibility index (Phi) is 5.98. The van der Waals surface area contributed by atoms with Crippen LogP contribution >= 0.6 is 11.6 Å². The predicted octanol–water partition coefficient (Wildman–Crippen LogP) is 2.50. The molecule has 0 aromatic carbocycles. The Morgan fingerprint density at radius 3 is 2.00 bits per heavy atom. The van der Waals surface area contributed by atoms with Crippen LogP contribution < -0.4 is 5.32 Å².